The number of hydrogen-bond donors (Lipinski definition) is 1. The van der Waals surface area contributed by atoms with Crippen LogP contribution in [0.1, 0.15) is 48.1 Å². The Bertz CT molecular complexity index is 937. The smallest absolute Gasteiger partial charge is 0.327 e. The summed E-state index contributed by atoms with van der Waals surface area (Å²) in [6.45, 7) is 4.23. The summed E-state index contributed by atoms with van der Waals surface area (Å²) in [6, 6.07) is 13.8. The Morgan fingerprint density at radius 3 is 2.52 bits per heavy atom. The molecule has 2 aliphatic rings. The lowest BCUT2D eigenvalue weighted by Gasteiger charge is -2.35. The van der Waals surface area contributed by atoms with E-state index in [1.807, 2.05) is 24.3 Å². The number of amides is 1. The number of rotatable bonds is 8. The summed E-state index contributed by atoms with van der Waals surface area (Å²) in [5.74, 6) is 1.31. The highest BCUT2D eigenvalue weighted by Crippen LogP contribution is 2.35. The normalized spacial score (nSPS) is 18.2. The van der Waals surface area contributed by atoms with Crippen LogP contribution in [0.5, 0.6) is 5.75 Å². The summed E-state index contributed by atoms with van der Waals surface area (Å²) in [5.41, 5.74) is 4.32. The third kappa shape index (κ3) is 5.44. The van der Waals surface area contributed by atoms with Gasteiger partial charge in [0.1, 0.15) is 11.8 Å². The number of carbonyl (C=O) groups excluding carboxylic acids is 2. The average Bonchev–Trinajstić information content (AvgIpc) is 3.61. The minimum atomic E-state index is -0.426. The summed E-state index contributed by atoms with van der Waals surface area (Å²) in [6.07, 6.45) is 3.39. The number of nitrogens with zero attached hydrogens (tertiary/aromatic N) is 1. The van der Waals surface area contributed by atoms with Crippen LogP contribution in [0.4, 0.5) is 0 Å². The van der Waals surface area contributed by atoms with Crippen LogP contribution in [0, 0.1) is 5.92 Å². The SMILES string of the molecule is COC(=O)C1c2ccc(OCC3CC3)cc2CCN1Cc1ccc(CNC(C)=O)cc1. The Kier molecular flexibility index (Phi) is 6.56. The van der Waals surface area contributed by atoms with Crippen molar-refractivity contribution in [2.24, 2.45) is 5.92 Å². The van der Waals surface area contributed by atoms with Gasteiger partial charge in [0.2, 0.25) is 5.91 Å². The van der Waals surface area contributed by atoms with E-state index in [-0.39, 0.29) is 11.9 Å². The molecule has 2 aromatic rings. The fourth-order valence-electron chi connectivity index (χ4n) is 4.03. The Hall–Kier alpha value is -2.86. The van der Waals surface area contributed by atoms with Crippen LogP contribution in [0.15, 0.2) is 42.5 Å². The molecule has 1 N–H and O–H groups in total. The lowest BCUT2D eigenvalue weighted by Crippen LogP contribution is -2.39. The maximum atomic E-state index is 12.7. The van der Waals surface area contributed by atoms with Gasteiger partial charge in [0.05, 0.1) is 13.7 Å². The summed E-state index contributed by atoms with van der Waals surface area (Å²) in [7, 11) is 1.44. The highest BCUT2D eigenvalue weighted by Gasteiger charge is 2.34. The van der Waals surface area contributed by atoms with E-state index < -0.39 is 6.04 Å². The molecule has 164 valence electrons. The monoisotopic (exact) mass is 422 g/mol. The Morgan fingerprint density at radius 1 is 1.10 bits per heavy atom. The molecular formula is C25H30N2O4. The van der Waals surface area contributed by atoms with Crippen molar-refractivity contribution in [2.45, 2.75) is 45.3 Å². The summed E-state index contributed by atoms with van der Waals surface area (Å²) in [4.78, 5) is 26.0. The summed E-state index contributed by atoms with van der Waals surface area (Å²) in [5, 5.41) is 2.81. The van der Waals surface area contributed by atoms with E-state index in [0.717, 1.165) is 47.6 Å². The fraction of sp³-hybridized carbons (Fsp3) is 0.440. The Labute approximate surface area is 183 Å². The van der Waals surface area contributed by atoms with Gasteiger partial charge in [-0.25, -0.2) is 4.79 Å². The molecule has 4 rings (SSSR count). The van der Waals surface area contributed by atoms with Crippen molar-refractivity contribution in [1.29, 1.82) is 0 Å². The number of carbonyl (C=O) groups is 2. The molecule has 0 bridgehead atoms. The summed E-state index contributed by atoms with van der Waals surface area (Å²) >= 11 is 0. The zero-order valence-corrected chi connectivity index (χ0v) is 18.2. The maximum Gasteiger partial charge on any atom is 0.327 e. The highest BCUT2D eigenvalue weighted by atomic mass is 16.5. The van der Waals surface area contributed by atoms with Gasteiger partial charge in [0, 0.05) is 26.6 Å². The van der Waals surface area contributed by atoms with Crippen LogP contribution in [-0.4, -0.2) is 37.0 Å². The number of methoxy groups -OCH3 is 1. The lowest BCUT2D eigenvalue weighted by atomic mass is 9.91. The number of benzene rings is 2. The number of nitrogens with one attached hydrogen (secondary N) is 1. The predicted molar refractivity (Wildman–Crippen MR) is 117 cm³/mol. The number of hydrogen-bond acceptors (Lipinski definition) is 5. The minimum Gasteiger partial charge on any atom is -0.493 e. The predicted octanol–water partition coefficient (Wildman–Crippen LogP) is 3.38. The molecule has 1 fully saturated rings. The van der Waals surface area contributed by atoms with E-state index in [1.54, 1.807) is 0 Å². The topological polar surface area (TPSA) is 67.9 Å². The largest absolute Gasteiger partial charge is 0.493 e. The molecule has 1 heterocycles. The first-order valence-electron chi connectivity index (χ1n) is 10.9. The van der Waals surface area contributed by atoms with E-state index in [4.69, 9.17) is 9.47 Å². The second kappa shape index (κ2) is 9.52. The third-order valence-electron chi connectivity index (χ3n) is 6.00. The highest BCUT2D eigenvalue weighted by molar-refractivity contribution is 5.78. The standard InChI is InChI=1S/C25H30N2O4/c1-17(28)26-14-18-3-5-19(6-4-18)15-27-12-11-21-13-22(31-16-20-7-8-20)9-10-23(21)24(27)25(29)30-2/h3-6,9-10,13,20,24H,7-8,11-12,14-16H2,1-2H3,(H,26,28). The van der Waals surface area contributed by atoms with Crippen LogP contribution in [0.3, 0.4) is 0 Å². The van der Waals surface area contributed by atoms with Gasteiger partial charge in [-0.3, -0.25) is 9.69 Å². The van der Waals surface area contributed by atoms with Crippen molar-refractivity contribution in [3.8, 4) is 5.75 Å². The van der Waals surface area contributed by atoms with Gasteiger partial charge in [-0.15, -0.1) is 0 Å². The van der Waals surface area contributed by atoms with Gasteiger partial charge in [-0.05, 0) is 59.6 Å². The quantitative estimate of drug-likeness (QED) is 0.661. The van der Waals surface area contributed by atoms with Crippen molar-refractivity contribution in [2.75, 3.05) is 20.3 Å². The van der Waals surface area contributed by atoms with Gasteiger partial charge < -0.3 is 14.8 Å². The van der Waals surface area contributed by atoms with Crippen LogP contribution < -0.4 is 10.1 Å². The first-order valence-corrected chi connectivity index (χ1v) is 10.9. The van der Waals surface area contributed by atoms with E-state index in [1.165, 1.54) is 26.9 Å². The molecule has 1 aliphatic carbocycles. The molecule has 1 amide bonds. The molecule has 1 unspecified atom stereocenters. The Balaban J connectivity index is 1.47. The molecule has 2 aromatic carbocycles. The van der Waals surface area contributed by atoms with Crippen molar-refractivity contribution >= 4 is 11.9 Å². The molecule has 1 aliphatic heterocycles. The van der Waals surface area contributed by atoms with Crippen molar-refractivity contribution in [3.05, 3.63) is 64.7 Å². The molecule has 0 spiro atoms. The first-order chi connectivity index (χ1) is 15.0. The van der Waals surface area contributed by atoms with Crippen LogP contribution in [0.2, 0.25) is 0 Å². The summed E-state index contributed by atoms with van der Waals surface area (Å²) < 4.78 is 11.1. The van der Waals surface area contributed by atoms with Crippen molar-refractivity contribution < 1.29 is 19.1 Å². The van der Waals surface area contributed by atoms with Crippen LogP contribution in [-0.2, 0) is 33.8 Å². The van der Waals surface area contributed by atoms with Crippen LogP contribution >= 0.6 is 0 Å². The third-order valence-corrected chi connectivity index (χ3v) is 6.00. The molecule has 1 saturated carbocycles. The molecule has 0 saturated heterocycles. The minimum absolute atomic E-state index is 0.0434. The number of esters is 1. The molecule has 6 heteroatoms. The van der Waals surface area contributed by atoms with E-state index >= 15 is 0 Å². The zero-order chi connectivity index (χ0) is 21.8. The molecule has 1 atom stereocenters. The maximum absolute atomic E-state index is 12.7. The Morgan fingerprint density at radius 2 is 1.84 bits per heavy atom. The number of ether oxygens (including phenoxy) is 2. The number of fused-ring (bicyclic) bond motifs is 1. The second-order valence-corrected chi connectivity index (χ2v) is 8.49. The van der Waals surface area contributed by atoms with E-state index in [2.05, 4.69) is 28.4 Å². The van der Waals surface area contributed by atoms with Gasteiger partial charge in [-0.2, -0.15) is 0 Å². The van der Waals surface area contributed by atoms with Gasteiger partial charge in [-0.1, -0.05) is 30.3 Å². The molecule has 0 aromatic heterocycles. The van der Waals surface area contributed by atoms with Gasteiger partial charge in [0.25, 0.3) is 0 Å². The van der Waals surface area contributed by atoms with Crippen molar-refractivity contribution in [1.82, 2.24) is 10.2 Å². The fourth-order valence-corrected chi connectivity index (χ4v) is 4.03. The second-order valence-electron chi connectivity index (χ2n) is 8.49. The molecule has 0 radical (unpaired) electrons. The van der Waals surface area contributed by atoms with E-state index in [0.29, 0.717) is 19.0 Å². The van der Waals surface area contributed by atoms with Crippen LogP contribution in [0.25, 0.3) is 0 Å². The first kappa shape index (κ1) is 21.4. The lowest BCUT2D eigenvalue weighted by molar-refractivity contribution is -0.148. The molecular weight excluding hydrogens is 392 g/mol. The van der Waals surface area contributed by atoms with E-state index in [9.17, 15) is 9.59 Å². The zero-order valence-electron chi connectivity index (χ0n) is 18.2. The van der Waals surface area contributed by atoms with Crippen molar-refractivity contribution in [3.63, 3.8) is 0 Å². The van der Waals surface area contributed by atoms with Gasteiger partial charge in [0.15, 0.2) is 0 Å². The molecule has 6 nitrogen and oxygen atoms in total. The van der Waals surface area contributed by atoms with Gasteiger partial charge >= 0.3 is 5.97 Å². The average molecular weight is 423 g/mol. The molecule has 31 heavy (non-hydrogen) atoms.